The van der Waals surface area contributed by atoms with E-state index in [2.05, 4.69) is 5.32 Å². The summed E-state index contributed by atoms with van der Waals surface area (Å²) in [6.45, 7) is 6.79. The van der Waals surface area contributed by atoms with Gasteiger partial charge in [0.05, 0.1) is 0 Å². The fraction of sp³-hybridized carbons (Fsp3) is 0.333. The molecule has 0 aliphatic carbocycles. The molecule has 0 spiro atoms. The van der Waals surface area contributed by atoms with Gasteiger partial charge in [-0.25, -0.2) is 4.39 Å². The third kappa shape index (κ3) is 4.05. The van der Waals surface area contributed by atoms with Crippen LogP contribution in [0, 0.1) is 19.7 Å². The summed E-state index contributed by atoms with van der Waals surface area (Å²) < 4.78 is 14.1. The monoisotopic (exact) mass is 305 g/mol. The van der Waals surface area contributed by atoms with E-state index in [1.165, 1.54) is 6.07 Å². The van der Waals surface area contributed by atoms with Crippen LogP contribution in [0.25, 0.3) is 0 Å². The number of likely N-dealkylation sites (N-methyl/N-ethyl adjacent to an activating group) is 1. The van der Waals surface area contributed by atoms with Crippen LogP contribution in [0.4, 0.5) is 4.39 Å². The topological polar surface area (TPSA) is 12.0 Å². The molecule has 0 heterocycles. The van der Waals surface area contributed by atoms with E-state index in [1.807, 2.05) is 45.0 Å². The lowest BCUT2D eigenvalue weighted by Gasteiger charge is -2.20. The van der Waals surface area contributed by atoms with Gasteiger partial charge in [-0.3, -0.25) is 0 Å². The summed E-state index contributed by atoms with van der Waals surface area (Å²) in [7, 11) is 0. The SMILES string of the molecule is CCNC(Cc1ccc(C)cc1Cl)c1cc(C)ccc1F. The average molecular weight is 306 g/mol. The van der Waals surface area contributed by atoms with Crippen molar-refractivity contribution in [1.29, 1.82) is 0 Å². The van der Waals surface area contributed by atoms with Crippen LogP contribution in [-0.4, -0.2) is 6.54 Å². The molecule has 0 aliphatic heterocycles. The lowest BCUT2D eigenvalue weighted by atomic mass is 9.96. The molecule has 2 rings (SSSR count). The van der Waals surface area contributed by atoms with Crippen LogP contribution >= 0.6 is 11.6 Å². The molecule has 1 unspecified atom stereocenters. The smallest absolute Gasteiger partial charge is 0.128 e. The number of rotatable bonds is 5. The minimum absolute atomic E-state index is 0.0740. The highest BCUT2D eigenvalue weighted by molar-refractivity contribution is 6.31. The Bertz CT molecular complexity index is 625. The normalized spacial score (nSPS) is 12.4. The summed E-state index contributed by atoms with van der Waals surface area (Å²) in [6.07, 6.45) is 0.674. The van der Waals surface area contributed by atoms with E-state index < -0.39 is 0 Å². The number of hydrogen-bond acceptors (Lipinski definition) is 1. The molecular weight excluding hydrogens is 285 g/mol. The second-order valence-corrected chi connectivity index (χ2v) is 5.84. The minimum atomic E-state index is -0.171. The van der Waals surface area contributed by atoms with Gasteiger partial charge in [-0.15, -0.1) is 0 Å². The van der Waals surface area contributed by atoms with Gasteiger partial charge in [0.1, 0.15) is 5.82 Å². The van der Waals surface area contributed by atoms with Crippen molar-refractivity contribution >= 4 is 11.6 Å². The highest BCUT2D eigenvalue weighted by Gasteiger charge is 2.17. The van der Waals surface area contributed by atoms with Gasteiger partial charge in [0, 0.05) is 16.6 Å². The lowest BCUT2D eigenvalue weighted by molar-refractivity contribution is 0.509. The Kier molecular flexibility index (Phi) is 5.38. The Balaban J connectivity index is 2.32. The Morgan fingerprint density at radius 2 is 1.76 bits per heavy atom. The molecule has 1 nitrogen and oxygen atoms in total. The first-order chi connectivity index (χ1) is 10.0. The summed E-state index contributed by atoms with van der Waals surface area (Å²) in [6, 6.07) is 11.2. The predicted octanol–water partition coefficient (Wildman–Crippen LogP) is 4.99. The second-order valence-electron chi connectivity index (χ2n) is 5.43. The maximum Gasteiger partial charge on any atom is 0.128 e. The standard InChI is InChI=1S/C18H21ClFN/c1-4-21-18(15-9-12(2)6-8-17(15)20)11-14-7-5-13(3)10-16(14)19/h5-10,18,21H,4,11H2,1-3H3. The summed E-state index contributed by atoms with van der Waals surface area (Å²) in [5.74, 6) is -0.171. The molecule has 0 bridgehead atoms. The van der Waals surface area contributed by atoms with Crippen molar-refractivity contribution < 1.29 is 4.39 Å². The molecule has 0 amide bonds. The van der Waals surface area contributed by atoms with Gasteiger partial charge < -0.3 is 5.32 Å². The maximum absolute atomic E-state index is 14.1. The van der Waals surface area contributed by atoms with Crippen molar-refractivity contribution in [2.75, 3.05) is 6.54 Å². The molecule has 0 fully saturated rings. The molecule has 112 valence electrons. The van der Waals surface area contributed by atoms with E-state index in [-0.39, 0.29) is 11.9 Å². The fourth-order valence-corrected chi connectivity index (χ4v) is 2.82. The Morgan fingerprint density at radius 3 is 2.43 bits per heavy atom. The van der Waals surface area contributed by atoms with Crippen LogP contribution < -0.4 is 5.32 Å². The highest BCUT2D eigenvalue weighted by Crippen LogP contribution is 2.26. The molecule has 0 aromatic heterocycles. The molecule has 0 aliphatic rings. The van der Waals surface area contributed by atoms with Gasteiger partial charge in [-0.05, 0) is 50.1 Å². The number of aryl methyl sites for hydroxylation is 2. The van der Waals surface area contributed by atoms with Crippen molar-refractivity contribution in [2.45, 2.75) is 33.2 Å². The van der Waals surface area contributed by atoms with Crippen LogP contribution in [0.1, 0.15) is 35.2 Å². The first-order valence-corrected chi connectivity index (χ1v) is 7.63. The Labute approximate surface area is 131 Å². The molecule has 3 heteroatoms. The van der Waals surface area contributed by atoms with Crippen molar-refractivity contribution in [2.24, 2.45) is 0 Å². The zero-order valence-corrected chi connectivity index (χ0v) is 13.5. The zero-order valence-electron chi connectivity index (χ0n) is 12.7. The second kappa shape index (κ2) is 7.06. The zero-order chi connectivity index (χ0) is 15.4. The van der Waals surface area contributed by atoms with Crippen LogP contribution in [0.2, 0.25) is 5.02 Å². The van der Waals surface area contributed by atoms with E-state index in [1.54, 1.807) is 6.07 Å². The summed E-state index contributed by atoms with van der Waals surface area (Å²) >= 11 is 6.31. The third-order valence-corrected chi connectivity index (χ3v) is 3.96. The molecule has 2 aromatic carbocycles. The van der Waals surface area contributed by atoms with Gasteiger partial charge in [-0.1, -0.05) is 48.4 Å². The van der Waals surface area contributed by atoms with E-state index in [0.29, 0.717) is 12.0 Å². The number of halogens is 2. The van der Waals surface area contributed by atoms with Gasteiger partial charge in [-0.2, -0.15) is 0 Å². The average Bonchev–Trinajstić information content (AvgIpc) is 2.44. The summed E-state index contributed by atoms with van der Waals surface area (Å²) in [4.78, 5) is 0. The quantitative estimate of drug-likeness (QED) is 0.820. The number of benzene rings is 2. The molecule has 0 saturated heterocycles. The van der Waals surface area contributed by atoms with Crippen LogP contribution in [-0.2, 0) is 6.42 Å². The molecule has 0 saturated carbocycles. The van der Waals surface area contributed by atoms with Crippen molar-refractivity contribution in [1.82, 2.24) is 5.32 Å². The predicted molar refractivity (Wildman–Crippen MR) is 87.4 cm³/mol. The van der Waals surface area contributed by atoms with Crippen molar-refractivity contribution in [3.8, 4) is 0 Å². The highest BCUT2D eigenvalue weighted by atomic mass is 35.5. The number of nitrogens with one attached hydrogen (secondary N) is 1. The van der Waals surface area contributed by atoms with Crippen molar-refractivity contribution in [3.05, 3.63) is 69.5 Å². The fourth-order valence-electron chi connectivity index (χ4n) is 2.51. The first kappa shape index (κ1) is 16.0. The molecule has 1 atom stereocenters. The van der Waals surface area contributed by atoms with E-state index >= 15 is 0 Å². The Hall–Kier alpha value is -1.38. The van der Waals surface area contributed by atoms with Crippen LogP contribution in [0.3, 0.4) is 0 Å². The van der Waals surface area contributed by atoms with Crippen LogP contribution in [0.5, 0.6) is 0 Å². The third-order valence-electron chi connectivity index (χ3n) is 3.61. The van der Waals surface area contributed by atoms with E-state index in [9.17, 15) is 4.39 Å². The number of hydrogen-bond donors (Lipinski definition) is 1. The van der Waals surface area contributed by atoms with Crippen LogP contribution in [0.15, 0.2) is 36.4 Å². The van der Waals surface area contributed by atoms with Crippen molar-refractivity contribution in [3.63, 3.8) is 0 Å². The van der Waals surface area contributed by atoms with Gasteiger partial charge in [0.25, 0.3) is 0 Å². The summed E-state index contributed by atoms with van der Waals surface area (Å²) in [5, 5.41) is 4.10. The first-order valence-electron chi connectivity index (χ1n) is 7.25. The molecular formula is C18H21ClFN. The van der Waals surface area contributed by atoms with E-state index in [0.717, 1.165) is 28.3 Å². The largest absolute Gasteiger partial charge is 0.310 e. The molecule has 0 radical (unpaired) electrons. The van der Waals surface area contributed by atoms with Gasteiger partial charge in [0.2, 0.25) is 0 Å². The van der Waals surface area contributed by atoms with Gasteiger partial charge in [0.15, 0.2) is 0 Å². The molecule has 21 heavy (non-hydrogen) atoms. The molecule has 2 aromatic rings. The van der Waals surface area contributed by atoms with Gasteiger partial charge >= 0.3 is 0 Å². The minimum Gasteiger partial charge on any atom is -0.310 e. The molecule has 1 N–H and O–H groups in total. The van der Waals surface area contributed by atoms with E-state index in [4.69, 9.17) is 11.6 Å². The lowest BCUT2D eigenvalue weighted by Crippen LogP contribution is -2.24. The maximum atomic E-state index is 14.1. The summed E-state index contributed by atoms with van der Waals surface area (Å²) in [5.41, 5.74) is 3.93. The Morgan fingerprint density at radius 1 is 1.10 bits per heavy atom.